The molecule has 0 bridgehead atoms. The highest BCUT2D eigenvalue weighted by Gasteiger charge is 2.38. The van der Waals surface area contributed by atoms with Crippen LogP contribution in [0.5, 0.6) is 0 Å². The zero-order valence-electron chi connectivity index (χ0n) is 21.5. The van der Waals surface area contributed by atoms with Gasteiger partial charge in [0.05, 0.1) is 23.7 Å². The normalized spacial score (nSPS) is 21.5. The summed E-state index contributed by atoms with van der Waals surface area (Å²) in [5.41, 5.74) is 3.04. The highest BCUT2D eigenvalue weighted by molar-refractivity contribution is 7.99. The Kier molecular flexibility index (Phi) is 8.34. The smallest absolute Gasteiger partial charge is 0.261 e. The van der Waals surface area contributed by atoms with E-state index in [-0.39, 0.29) is 29.6 Å². The molecule has 0 spiro atoms. The molecular weight excluding hydrogens is 536 g/mol. The third-order valence-electron chi connectivity index (χ3n) is 6.66. The molecule has 1 aromatic heterocycles. The summed E-state index contributed by atoms with van der Waals surface area (Å²) in [4.78, 5) is 0.195. The number of hydrogen-bond acceptors (Lipinski definition) is 8. The van der Waals surface area contributed by atoms with Crippen LogP contribution in [0.3, 0.4) is 0 Å². The van der Waals surface area contributed by atoms with Gasteiger partial charge in [-0.25, -0.2) is 8.42 Å². The van der Waals surface area contributed by atoms with E-state index in [1.807, 2.05) is 48.0 Å². The van der Waals surface area contributed by atoms with Crippen LogP contribution in [-0.4, -0.2) is 40.1 Å². The molecule has 1 saturated heterocycles. The molecule has 0 radical (unpaired) electrons. The van der Waals surface area contributed by atoms with Gasteiger partial charge in [0.15, 0.2) is 11.4 Å². The second kappa shape index (κ2) is 11.9. The number of nitrogens with zero attached hydrogens (tertiary/aromatic N) is 3. The van der Waals surface area contributed by atoms with Crippen molar-refractivity contribution < 1.29 is 23.0 Å². The number of benzene rings is 3. The second-order valence-corrected chi connectivity index (χ2v) is 12.1. The van der Waals surface area contributed by atoms with Gasteiger partial charge in [-0.1, -0.05) is 73.3 Å². The Morgan fingerprint density at radius 3 is 2.31 bits per heavy atom. The summed E-state index contributed by atoms with van der Waals surface area (Å²) in [5, 5.41) is 18.4. The Hall–Kier alpha value is -3.22. The molecule has 4 unspecified atom stereocenters. The predicted octanol–water partition coefficient (Wildman–Crippen LogP) is 4.69. The van der Waals surface area contributed by atoms with Crippen molar-refractivity contribution in [3.05, 3.63) is 102 Å². The summed E-state index contributed by atoms with van der Waals surface area (Å²) in [7, 11) is -1.79. The number of hydrogen-bond donors (Lipinski definition) is 2. The molecule has 4 aromatic rings. The lowest BCUT2D eigenvalue weighted by molar-refractivity contribution is -0.268. The molecule has 39 heavy (non-hydrogen) atoms. The van der Waals surface area contributed by atoms with Crippen LogP contribution >= 0.6 is 11.8 Å². The van der Waals surface area contributed by atoms with Crippen molar-refractivity contribution in [2.45, 2.75) is 42.1 Å². The van der Waals surface area contributed by atoms with E-state index in [9.17, 15) is 13.5 Å². The Balaban J connectivity index is 1.36. The van der Waals surface area contributed by atoms with Gasteiger partial charge in [0, 0.05) is 30.0 Å². The fourth-order valence-corrected chi connectivity index (χ4v) is 6.52. The third kappa shape index (κ3) is 6.34. The third-order valence-corrected chi connectivity index (χ3v) is 9.18. The minimum absolute atomic E-state index is 0.0234. The average Bonchev–Trinajstić information content (AvgIpc) is 3.37. The summed E-state index contributed by atoms with van der Waals surface area (Å²) in [6.45, 7) is 2.08. The van der Waals surface area contributed by atoms with E-state index < -0.39 is 16.3 Å². The van der Waals surface area contributed by atoms with Gasteiger partial charge in [0.2, 0.25) is 0 Å². The number of anilines is 1. The number of rotatable bonds is 9. The molecule has 5 rings (SSSR count). The second-order valence-electron chi connectivity index (χ2n) is 9.40. The largest absolute Gasteiger partial charge is 0.392 e. The summed E-state index contributed by atoms with van der Waals surface area (Å²) in [6, 6.07) is 23.0. The molecule has 1 aliphatic rings. The van der Waals surface area contributed by atoms with E-state index >= 15 is 0 Å². The first-order valence-electron chi connectivity index (χ1n) is 12.5. The van der Waals surface area contributed by atoms with Gasteiger partial charge in [-0.15, -0.1) is 10.2 Å². The van der Waals surface area contributed by atoms with Crippen LogP contribution < -0.4 is 4.72 Å². The van der Waals surface area contributed by atoms with Crippen molar-refractivity contribution in [2.75, 3.05) is 10.5 Å². The van der Waals surface area contributed by atoms with E-state index in [1.54, 1.807) is 60.6 Å². The lowest BCUT2D eigenvalue weighted by Gasteiger charge is -2.41. The molecule has 4 atom stereocenters. The Labute approximate surface area is 232 Å². The highest BCUT2D eigenvalue weighted by atomic mass is 32.2. The van der Waals surface area contributed by atoms with Crippen molar-refractivity contribution in [3.8, 4) is 0 Å². The van der Waals surface area contributed by atoms with Crippen LogP contribution in [0.15, 0.2) is 95.2 Å². The first-order valence-corrected chi connectivity index (χ1v) is 15.0. The Morgan fingerprint density at radius 1 is 0.974 bits per heavy atom. The number of aromatic nitrogens is 3. The molecule has 3 aromatic carbocycles. The van der Waals surface area contributed by atoms with Gasteiger partial charge in [-0.2, -0.15) is 0 Å². The average molecular weight is 567 g/mol. The van der Waals surface area contributed by atoms with Gasteiger partial charge < -0.3 is 19.1 Å². The van der Waals surface area contributed by atoms with Crippen LogP contribution in [0.25, 0.3) is 0 Å². The molecular formula is C28H30N4O5S2. The molecule has 11 heteroatoms. The Morgan fingerprint density at radius 2 is 1.67 bits per heavy atom. The lowest BCUT2D eigenvalue weighted by Crippen LogP contribution is -2.38. The summed E-state index contributed by atoms with van der Waals surface area (Å²) >= 11 is 1.57. The van der Waals surface area contributed by atoms with E-state index in [2.05, 4.69) is 21.8 Å². The molecule has 2 N–H and O–H groups in total. The van der Waals surface area contributed by atoms with Crippen molar-refractivity contribution >= 4 is 27.5 Å². The van der Waals surface area contributed by atoms with Gasteiger partial charge in [0.25, 0.3) is 10.0 Å². The molecule has 1 fully saturated rings. The molecule has 204 valence electrons. The van der Waals surface area contributed by atoms with Gasteiger partial charge in [-0.3, -0.25) is 4.72 Å². The molecule has 0 aliphatic carbocycles. The zero-order valence-corrected chi connectivity index (χ0v) is 23.2. The first-order chi connectivity index (χ1) is 18.8. The number of nitrogens with one attached hydrogen (secondary N) is 1. The van der Waals surface area contributed by atoms with Crippen molar-refractivity contribution in [2.24, 2.45) is 13.0 Å². The van der Waals surface area contributed by atoms with Gasteiger partial charge in [-0.05, 0) is 35.4 Å². The maximum absolute atomic E-state index is 12.7. The minimum atomic E-state index is -3.70. The number of aliphatic hydroxyl groups excluding tert-OH is 1. The topological polar surface area (TPSA) is 116 Å². The number of aryl methyl sites for hydroxylation is 1. The van der Waals surface area contributed by atoms with E-state index in [0.29, 0.717) is 11.4 Å². The van der Waals surface area contributed by atoms with E-state index in [4.69, 9.17) is 9.47 Å². The van der Waals surface area contributed by atoms with Crippen LogP contribution in [0.4, 0.5) is 5.69 Å². The van der Waals surface area contributed by atoms with Gasteiger partial charge >= 0.3 is 0 Å². The van der Waals surface area contributed by atoms with Crippen molar-refractivity contribution in [1.29, 1.82) is 0 Å². The molecule has 2 heterocycles. The van der Waals surface area contributed by atoms with Crippen LogP contribution in [0.1, 0.15) is 36.0 Å². The SMILES string of the molecule is CC1C(CSc2nncn2C)OC(c2ccc(NS(=O)(=O)c3ccccc3)cc2)OC1c1ccc(CO)cc1. The Bertz CT molecular complexity index is 1480. The first kappa shape index (κ1) is 27.4. The van der Waals surface area contributed by atoms with Crippen molar-refractivity contribution in [1.82, 2.24) is 14.8 Å². The van der Waals surface area contributed by atoms with Crippen molar-refractivity contribution in [3.63, 3.8) is 0 Å². The number of aliphatic hydroxyl groups is 1. The maximum atomic E-state index is 12.7. The summed E-state index contributed by atoms with van der Waals surface area (Å²) in [6.07, 6.45) is 0.592. The fourth-order valence-electron chi connectivity index (χ4n) is 4.39. The maximum Gasteiger partial charge on any atom is 0.261 e. The molecule has 0 saturated carbocycles. The lowest BCUT2D eigenvalue weighted by atomic mass is 9.91. The molecule has 0 amide bonds. The summed E-state index contributed by atoms with van der Waals surface area (Å²) in [5.74, 6) is 0.673. The van der Waals surface area contributed by atoms with E-state index in [0.717, 1.165) is 21.8 Å². The number of ether oxygens (including phenoxy) is 2. The highest BCUT2D eigenvalue weighted by Crippen LogP contribution is 2.43. The van der Waals surface area contributed by atoms with E-state index in [1.165, 1.54) is 0 Å². The van der Waals surface area contributed by atoms with Gasteiger partial charge in [0.1, 0.15) is 6.33 Å². The predicted molar refractivity (Wildman–Crippen MR) is 148 cm³/mol. The quantitative estimate of drug-likeness (QED) is 0.280. The van der Waals surface area contributed by atoms with Crippen LogP contribution in [0, 0.1) is 5.92 Å². The molecule has 1 aliphatic heterocycles. The molecule has 9 nitrogen and oxygen atoms in total. The monoisotopic (exact) mass is 566 g/mol. The minimum Gasteiger partial charge on any atom is -0.392 e. The standard InChI is InChI=1S/C28H30N4O5S2/c1-19-25(17-38-28-30-29-18-32(28)2)36-27(37-26(19)21-10-8-20(16-33)9-11-21)22-12-14-23(15-13-22)31-39(34,35)24-6-4-3-5-7-24/h3-15,18-19,25-27,31,33H,16-17H2,1-2H3. The number of thioether (sulfide) groups is 1. The van der Waals surface area contributed by atoms with Crippen LogP contribution in [-0.2, 0) is 33.2 Å². The number of sulfonamides is 1. The fraction of sp³-hybridized carbons (Fsp3) is 0.286. The van der Waals surface area contributed by atoms with Crippen LogP contribution in [0.2, 0.25) is 0 Å². The summed E-state index contributed by atoms with van der Waals surface area (Å²) < 4.78 is 42.8. The zero-order chi connectivity index (χ0) is 27.4.